The van der Waals surface area contributed by atoms with Crippen LogP contribution in [0.5, 0.6) is 5.75 Å². The number of aromatic hydroxyl groups is 1. The second-order valence-electron chi connectivity index (χ2n) is 15.5. The van der Waals surface area contributed by atoms with Gasteiger partial charge in [0.05, 0.1) is 22.9 Å². The van der Waals surface area contributed by atoms with E-state index in [1.807, 2.05) is 51.1 Å². The van der Waals surface area contributed by atoms with Crippen molar-refractivity contribution in [1.29, 1.82) is 0 Å². The first-order valence-corrected chi connectivity index (χ1v) is 19.1. The van der Waals surface area contributed by atoms with Crippen LogP contribution in [0.25, 0.3) is 0 Å². The Morgan fingerprint density at radius 3 is 2.23 bits per heavy atom. The molecular weight excluding hydrogens is 628 g/mol. The van der Waals surface area contributed by atoms with E-state index in [2.05, 4.69) is 20.9 Å². The molecule has 5 N–H and O–H groups in total. The number of phenolic OH excluding ortho intramolecular Hbond substituents is 1. The van der Waals surface area contributed by atoms with Gasteiger partial charge in [0.1, 0.15) is 11.8 Å². The molecule has 2 aromatic rings. The van der Waals surface area contributed by atoms with Gasteiger partial charge in [0, 0.05) is 31.4 Å². The van der Waals surface area contributed by atoms with Crippen molar-refractivity contribution in [1.82, 2.24) is 20.9 Å². The number of nitrogens with one attached hydrogen (secondary N) is 3. The van der Waals surface area contributed by atoms with Crippen molar-refractivity contribution < 1.29 is 28.2 Å². The van der Waals surface area contributed by atoms with Crippen molar-refractivity contribution in [3.8, 4) is 5.75 Å². The molecule has 6 unspecified atom stereocenters. The molecule has 0 aromatic heterocycles. The fourth-order valence-electron chi connectivity index (χ4n) is 7.17. The summed E-state index contributed by atoms with van der Waals surface area (Å²) in [6.07, 6.45) is 5.65. The van der Waals surface area contributed by atoms with Crippen LogP contribution in [0.3, 0.4) is 0 Å². The fourth-order valence-corrected chi connectivity index (χ4v) is 7.78. The minimum Gasteiger partial charge on any atom is -0.508 e. The zero-order valence-electron chi connectivity index (χ0n) is 29.4. The predicted molar refractivity (Wildman–Crippen MR) is 189 cm³/mol. The highest BCUT2D eigenvalue weighted by Gasteiger charge is 2.45. The van der Waals surface area contributed by atoms with Crippen LogP contribution in [-0.2, 0) is 32.4 Å². The molecule has 1 heterocycles. The van der Waals surface area contributed by atoms with E-state index in [-0.39, 0.29) is 24.7 Å². The Balaban J connectivity index is 1.61. The maximum atomic E-state index is 14.2. The van der Waals surface area contributed by atoms with Gasteiger partial charge in [0.15, 0.2) is 9.84 Å². The molecule has 1 aliphatic heterocycles. The average Bonchev–Trinajstić information content (AvgIpc) is 2.99. The molecule has 0 spiro atoms. The summed E-state index contributed by atoms with van der Waals surface area (Å²) in [5.74, 6) is 0.384. The number of phenols is 1. The number of β-amino-alcohol motifs (C(OH)–C–C–N with tert-alkyl or cyclic N) is 1. The molecule has 2 fully saturated rings. The lowest BCUT2D eigenvalue weighted by molar-refractivity contribution is -0.133. The monoisotopic (exact) mass is 684 g/mol. The van der Waals surface area contributed by atoms with Gasteiger partial charge in [-0.2, -0.15) is 0 Å². The molecule has 2 aromatic carbocycles. The molecule has 0 bridgehead atoms. The van der Waals surface area contributed by atoms with E-state index in [1.54, 1.807) is 18.2 Å². The summed E-state index contributed by atoms with van der Waals surface area (Å²) in [7, 11) is -3.73. The number of sulfone groups is 1. The molecule has 2 aliphatic rings. The Kier molecular flexibility index (Phi) is 12.4. The van der Waals surface area contributed by atoms with Crippen molar-refractivity contribution in [2.45, 2.75) is 114 Å². The number of hydrogen-bond donors (Lipinski definition) is 5. The van der Waals surface area contributed by atoms with Gasteiger partial charge in [0.25, 0.3) is 0 Å². The summed E-state index contributed by atoms with van der Waals surface area (Å²) in [5, 5.41) is 31.2. The van der Waals surface area contributed by atoms with Crippen LogP contribution in [0.4, 0.5) is 0 Å². The van der Waals surface area contributed by atoms with Crippen molar-refractivity contribution >= 4 is 21.7 Å². The van der Waals surface area contributed by atoms with Crippen molar-refractivity contribution in [3.63, 3.8) is 0 Å². The van der Waals surface area contributed by atoms with Crippen molar-refractivity contribution in [2.75, 3.05) is 19.3 Å². The summed E-state index contributed by atoms with van der Waals surface area (Å²) in [4.78, 5) is 29.9. The van der Waals surface area contributed by atoms with Gasteiger partial charge in [-0.15, -0.1) is 0 Å². The molecule has 10 nitrogen and oxygen atoms in total. The van der Waals surface area contributed by atoms with Crippen LogP contribution in [0.1, 0.15) is 77.8 Å². The van der Waals surface area contributed by atoms with Gasteiger partial charge in [-0.3, -0.25) is 14.5 Å². The zero-order valence-corrected chi connectivity index (χ0v) is 30.2. The summed E-state index contributed by atoms with van der Waals surface area (Å²) in [6, 6.07) is 13.8. The van der Waals surface area contributed by atoms with Gasteiger partial charge in [0.2, 0.25) is 11.8 Å². The molecule has 48 heavy (non-hydrogen) atoms. The third-order valence-electron chi connectivity index (χ3n) is 10.1. The van der Waals surface area contributed by atoms with Crippen LogP contribution in [0.15, 0.2) is 54.6 Å². The summed E-state index contributed by atoms with van der Waals surface area (Å²) >= 11 is 0. The van der Waals surface area contributed by atoms with Gasteiger partial charge in [-0.05, 0) is 89.0 Å². The maximum Gasteiger partial charge on any atom is 0.239 e. The highest BCUT2D eigenvalue weighted by molar-refractivity contribution is 7.92. The number of benzene rings is 2. The van der Waals surface area contributed by atoms with Crippen molar-refractivity contribution in [3.05, 3.63) is 65.7 Å². The lowest BCUT2D eigenvalue weighted by Gasteiger charge is -2.47. The number of amides is 2. The Labute approximate surface area is 287 Å². The average molecular weight is 685 g/mol. The third-order valence-corrected chi connectivity index (χ3v) is 12.3. The molecular formula is C37H56N4O6S. The standard InChI is InChI=1S/C37H56N4O6S/c1-36(2,3)40-34(44)31-21-27-16-10-11-17-28(27)23-41(31)24-32(43)30(20-25-13-8-7-9-14-25)39-35(45)33(37(4,5)48(6,46)47)38-22-26-15-12-18-29(42)19-26/h7-9,12-15,18-19,27-28,30-33,38,42-43H,10-11,16-17,20-24H2,1-6H3,(H,39,45)(H,40,44). The molecule has 0 radical (unpaired) electrons. The molecule has 1 saturated heterocycles. The first kappa shape index (κ1) is 37.8. The fraction of sp³-hybridized carbons (Fsp3) is 0.622. The van der Waals surface area contributed by atoms with Crippen LogP contribution in [0.2, 0.25) is 0 Å². The number of piperidine rings is 1. The highest BCUT2D eigenvalue weighted by Crippen LogP contribution is 2.39. The normalized spacial score (nSPS) is 22.6. The predicted octanol–water partition coefficient (Wildman–Crippen LogP) is 3.56. The first-order chi connectivity index (χ1) is 22.4. The van der Waals surface area contributed by atoms with E-state index in [0.29, 0.717) is 30.4 Å². The number of likely N-dealkylation sites (tertiary alicyclic amines) is 1. The van der Waals surface area contributed by atoms with Crippen molar-refractivity contribution in [2.24, 2.45) is 11.8 Å². The summed E-state index contributed by atoms with van der Waals surface area (Å²) < 4.78 is 24.5. The number of aliphatic hydroxyl groups excluding tert-OH is 1. The minimum atomic E-state index is -3.73. The van der Waals surface area contributed by atoms with Crippen LogP contribution >= 0.6 is 0 Å². The Morgan fingerprint density at radius 1 is 0.958 bits per heavy atom. The van der Waals surface area contributed by atoms with Crippen LogP contribution < -0.4 is 16.0 Å². The summed E-state index contributed by atoms with van der Waals surface area (Å²) in [6.45, 7) is 9.93. The molecule has 4 rings (SSSR count). The smallest absolute Gasteiger partial charge is 0.239 e. The molecule has 1 aliphatic carbocycles. The summed E-state index contributed by atoms with van der Waals surface area (Å²) in [5.41, 5.74) is 1.19. The lowest BCUT2D eigenvalue weighted by Crippen LogP contribution is -2.63. The van der Waals surface area contributed by atoms with Gasteiger partial charge in [-0.25, -0.2) is 8.42 Å². The largest absolute Gasteiger partial charge is 0.508 e. The third kappa shape index (κ3) is 10.0. The number of hydrogen-bond acceptors (Lipinski definition) is 8. The SMILES string of the molecule is CC(C)(C)NC(=O)C1CC2CCCCC2CN1CC(O)C(Cc1ccccc1)NC(=O)C(NCc1cccc(O)c1)C(C)(C)S(C)(=O)=O. The Morgan fingerprint density at radius 2 is 1.60 bits per heavy atom. The first-order valence-electron chi connectivity index (χ1n) is 17.2. The van der Waals surface area contributed by atoms with Crippen LogP contribution in [-0.4, -0.2) is 89.2 Å². The molecule has 11 heteroatoms. The molecule has 6 atom stereocenters. The number of rotatable bonds is 13. The van der Waals surface area contributed by atoms with E-state index in [1.165, 1.54) is 26.3 Å². The number of aliphatic hydroxyl groups is 1. The van der Waals surface area contributed by atoms with E-state index in [4.69, 9.17) is 0 Å². The second kappa shape index (κ2) is 15.7. The highest BCUT2D eigenvalue weighted by atomic mass is 32.2. The van der Waals surface area contributed by atoms with Gasteiger partial charge >= 0.3 is 0 Å². The zero-order chi connectivity index (χ0) is 35.3. The molecule has 2 amide bonds. The number of fused-ring (bicyclic) bond motifs is 1. The number of carbonyl (C=O) groups is 2. The Hall–Kier alpha value is -2.99. The maximum absolute atomic E-state index is 14.2. The van der Waals surface area contributed by atoms with Crippen LogP contribution in [0, 0.1) is 11.8 Å². The quantitative estimate of drug-likeness (QED) is 0.215. The van der Waals surface area contributed by atoms with E-state index < -0.39 is 50.3 Å². The topological polar surface area (TPSA) is 148 Å². The van der Waals surface area contributed by atoms with E-state index >= 15 is 0 Å². The lowest BCUT2D eigenvalue weighted by atomic mass is 9.72. The second-order valence-corrected chi connectivity index (χ2v) is 18.1. The van der Waals surface area contributed by atoms with Gasteiger partial charge in [-0.1, -0.05) is 61.7 Å². The number of nitrogens with zero attached hydrogens (tertiary/aromatic N) is 1. The Bertz CT molecular complexity index is 1490. The number of carbonyl (C=O) groups excluding carboxylic acids is 2. The molecule has 266 valence electrons. The minimum absolute atomic E-state index is 0.0477. The molecule has 1 saturated carbocycles. The van der Waals surface area contributed by atoms with E-state index in [0.717, 1.165) is 37.5 Å². The van der Waals surface area contributed by atoms with Gasteiger partial charge < -0.3 is 26.2 Å². The van der Waals surface area contributed by atoms with E-state index in [9.17, 15) is 28.2 Å².